The molecule has 2 aromatic rings. The molecule has 2 heterocycles. The van der Waals surface area contributed by atoms with Crippen molar-refractivity contribution in [2.75, 3.05) is 38.3 Å². The Labute approximate surface area is 245 Å². The number of sulfonamides is 1. The third-order valence-corrected chi connectivity index (χ3v) is 12.2. The van der Waals surface area contributed by atoms with E-state index < -0.39 is 21.2 Å². The second kappa shape index (κ2) is 11.6. The monoisotopic (exact) mass is 580 g/mol. The lowest BCUT2D eigenvalue weighted by Gasteiger charge is -2.44. The summed E-state index contributed by atoms with van der Waals surface area (Å²) >= 11 is 0. The summed E-state index contributed by atoms with van der Waals surface area (Å²) in [7, 11) is -2.42. The van der Waals surface area contributed by atoms with Gasteiger partial charge in [-0.1, -0.05) is 50.5 Å². The number of ether oxygens (including phenoxy) is 2. The highest BCUT2D eigenvalue weighted by Gasteiger charge is 2.43. The van der Waals surface area contributed by atoms with Crippen LogP contribution in [0.15, 0.2) is 42.5 Å². The second-order valence-electron chi connectivity index (χ2n) is 13.0. The quantitative estimate of drug-likeness (QED) is 0.507. The minimum absolute atomic E-state index is 0.0594. The second-order valence-corrected chi connectivity index (χ2v) is 14.9. The lowest BCUT2D eigenvalue weighted by atomic mass is 9.68. The van der Waals surface area contributed by atoms with E-state index in [-0.39, 0.29) is 17.9 Å². The molecule has 2 bridgehead atoms. The van der Waals surface area contributed by atoms with E-state index in [0.717, 1.165) is 63.1 Å². The first-order valence-electron chi connectivity index (χ1n) is 15.4. The molecule has 2 aliphatic carbocycles. The van der Waals surface area contributed by atoms with Gasteiger partial charge in [-0.05, 0) is 85.6 Å². The van der Waals surface area contributed by atoms with Gasteiger partial charge in [0, 0.05) is 31.2 Å². The van der Waals surface area contributed by atoms with Crippen molar-refractivity contribution in [3.05, 3.63) is 59.2 Å². The summed E-state index contributed by atoms with van der Waals surface area (Å²) in [6.07, 6.45) is 9.83. The van der Waals surface area contributed by atoms with Gasteiger partial charge < -0.3 is 14.4 Å². The first-order chi connectivity index (χ1) is 19.8. The number of benzene rings is 2. The van der Waals surface area contributed by atoms with E-state index in [9.17, 15) is 13.2 Å². The first-order valence-corrected chi connectivity index (χ1v) is 17.0. The van der Waals surface area contributed by atoms with Gasteiger partial charge in [-0.2, -0.15) is 0 Å². The Morgan fingerprint density at radius 3 is 2.66 bits per heavy atom. The number of methoxy groups -OCH3 is 1. The van der Waals surface area contributed by atoms with Crippen molar-refractivity contribution in [3.8, 4) is 5.75 Å². The van der Waals surface area contributed by atoms with Crippen LogP contribution in [-0.4, -0.2) is 53.0 Å². The topological polar surface area (TPSA) is 84.9 Å². The maximum absolute atomic E-state index is 13.4. The molecule has 6 rings (SSSR count). The third-order valence-electron chi connectivity index (χ3n) is 10.4. The average Bonchev–Trinajstić information content (AvgIpc) is 3.10. The van der Waals surface area contributed by atoms with Gasteiger partial charge in [0.2, 0.25) is 10.0 Å². The lowest BCUT2D eigenvalue weighted by Crippen LogP contribution is -2.48. The Balaban J connectivity index is 1.39. The van der Waals surface area contributed by atoms with Crippen molar-refractivity contribution in [3.63, 3.8) is 0 Å². The van der Waals surface area contributed by atoms with Crippen molar-refractivity contribution >= 4 is 21.6 Å². The van der Waals surface area contributed by atoms with E-state index in [1.54, 1.807) is 6.07 Å². The van der Waals surface area contributed by atoms with Crippen LogP contribution in [0.5, 0.6) is 5.75 Å². The van der Waals surface area contributed by atoms with Crippen LogP contribution < -0.4 is 14.4 Å². The largest absolute Gasteiger partial charge is 0.490 e. The highest BCUT2D eigenvalue weighted by Crippen LogP contribution is 2.46. The average molecular weight is 581 g/mol. The van der Waals surface area contributed by atoms with Gasteiger partial charge in [-0.3, -0.25) is 4.79 Å². The predicted octanol–water partition coefficient (Wildman–Crippen LogP) is 5.47. The van der Waals surface area contributed by atoms with Crippen LogP contribution in [0.25, 0.3) is 0 Å². The van der Waals surface area contributed by atoms with E-state index in [4.69, 9.17) is 9.47 Å². The molecule has 1 amide bonds. The molecule has 7 nitrogen and oxygen atoms in total. The van der Waals surface area contributed by atoms with Gasteiger partial charge in [0.15, 0.2) is 0 Å². The standard InChI is InChI=1S/C33H44N2O5S/c1-23-8-3-4-9-24-13-14-27(24)19-35-21-33(17-7-11-25-10-5-6-12-28(25)33)22-40-30-16-15-26(18-29(30)35)32(36)34-41(37,38)31(23)20-39-2/h5-6,10,12,15-16,18,23-24,27,31H,3-4,7-9,11,13-14,17,19-22H2,1-2H3,(H,34,36). The number of carbonyl (C=O) groups is 1. The molecule has 2 aromatic carbocycles. The molecule has 1 saturated carbocycles. The van der Waals surface area contributed by atoms with Crippen LogP contribution in [0, 0.1) is 17.8 Å². The summed E-state index contributed by atoms with van der Waals surface area (Å²) in [6.45, 7) is 4.37. The third kappa shape index (κ3) is 5.62. The molecule has 4 aliphatic rings. The molecule has 5 atom stereocenters. The number of aryl methyl sites for hydroxylation is 1. The molecule has 41 heavy (non-hydrogen) atoms. The van der Waals surface area contributed by atoms with Crippen LogP contribution in [0.2, 0.25) is 0 Å². The lowest BCUT2D eigenvalue weighted by molar-refractivity contribution is 0.0979. The fourth-order valence-corrected chi connectivity index (χ4v) is 9.40. The summed E-state index contributed by atoms with van der Waals surface area (Å²) in [4.78, 5) is 15.9. The van der Waals surface area contributed by atoms with E-state index in [0.29, 0.717) is 24.0 Å². The number of anilines is 1. The SMILES string of the molecule is COCC1C(C)CCCCC2CCC2CN2CC3(CCCc4ccccc43)COc3ccc(cc32)C(=O)NS1(=O)=O. The van der Waals surface area contributed by atoms with Gasteiger partial charge in [-0.25, -0.2) is 13.1 Å². The van der Waals surface area contributed by atoms with Gasteiger partial charge >= 0.3 is 0 Å². The first kappa shape index (κ1) is 28.5. The van der Waals surface area contributed by atoms with E-state index in [1.807, 2.05) is 19.1 Å². The maximum atomic E-state index is 13.4. The number of hydrogen-bond donors (Lipinski definition) is 1. The highest BCUT2D eigenvalue weighted by molar-refractivity contribution is 7.90. The van der Waals surface area contributed by atoms with Gasteiger partial charge in [-0.15, -0.1) is 0 Å². The summed E-state index contributed by atoms with van der Waals surface area (Å²) in [5.41, 5.74) is 3.91. The fraction of sp³-hybridized carbons (Fsp3) is 0.606. The van der Waals surface area contributed by atoms with Gasteiger partial charge in [0.1, 0.15) is 11.0 Å². The molecule has 8 heteroatoms. The number of fused-ring (bicyclic) bond motifs is 4. The van der Waals surface area contributed by atoms with E-state index in [1.165, 1.54) is 37.5 Å². The minimum Gasteiger partial charge on any atom is -0.490 e. The summed E-state index contributed by atoms with van der Waals surface area (Å²) < 4.78 is 41.1. The summed E-state index contributed by atoms with van der Waals surface area (Å²) in [6, 6.07) is 14.2. The number of nitrogens with one attached hydrogen (secondary N) is 1. The van der Waals surface area contributed by atoms with Crippen LogP contribution in [0.1, 0.15) is 79.8 Å². The molecule has 0 saturated heterocycles. The number of hydrogen-bond acceptors (Lipinski definition) is 6. The summed E-state index contributed by atoms with van der Waals surface area (Å²) in [5.74, 6) is 1.35. The molecule has 1 spiro atoms. The number of amides is 1. The highest BCUT2D eigenvalue weighted by atomic mass is 32.2. The van der Waals surface area contributed by atoms with Crippen LogP contribution >= 0.6 is 0 Å². The molecular weight excluding hydrogens is 536 g/mol. The summed E-state index contributed by atoms with van der Waals surface area (Å²) in [5, 5.41) is -0.785. The number of rotatable bonds is 2. The zero-order valence-electron chi connectivity index (χ0n) is 24.4. The zero-order chi connectivity index (χ0) is 28.6. The number of carbonyl (C=O) groups excluding carboxylic acids is 1. The Morgan fingerprint density at radius 1 is 1.05 bits per heavy atom. The molecule has 0 radical (unpaired) electrons. The van der Waals surface area contributed by atoms with E-state index >= 15 is 0 Å². The van der Waals surface area contributed by atoms with E-state index in [2.05, 4.69) is 33.9 Å². The van der Waals surface area contributed by atoms with Crippen molar-refractivity contribution in [1.82, 2.24) is 4.72 Å². The normalized spacial score (nSPS) is 31.6. The number of nitrogens with zero attached hydrogens (tertiary/aromatic N) is 1. The Morgan fingerprint density at radius 2 is 1.85 bits per heavy atom. The van der Waals surface area contributed by atoms with Gasteiger partial charge in [0.05, 0.1) is 18.9 Å². The van der Waals surface area contributed by atoms with Crippen molar-refractivity contribution in [2.45, 2.75) is 75.4 Å². The van der Waals surface area contributed by atoms with Crippen LogP contribution in [-0.2, 0) is 26.6 Å². The molecular formula is C33H44N2O5S. The van der Waals surface area contributed by atoms with Crippen molar-refractivity contribution in [2.24, 2.45) is 17.8 Å². The van der Waals surface area contributed by atoms with Crippen molar-refractivity contribution in [1.29, 1.82) is 0 Å². The molecule has 1 N–H and O–H groups in total. The Kier molecular flexibility index (Phi) is 8.07. The molecule has 5 unspecified atom stereocenters. The molecule has 0 aromatic heterocycles. The molecule has 222 valence electrons. The van der Waals surface area contributed by atoms with Crippen LogP contribution in [0.4, 0.5) is 5.69 Å². The molecule has 1 fully saturated rings. The Hall–Kier alpha value is -2.58. The van der Waals surface area contributed by atoms with Crippen LogP contribution in [0.3, 0.4) is 0 Å². The van der Waals surface area contributed by atoms with Gasteiger partial charge in [0.25, 0.3) is 5.91 Å². The zero-order valence-corrected chi connectivity index (χ0v) is 25.3. The minimum atomic E-state index is -3.94. The maximum Gasteiger partial charge on any atom is 0.264 e. The van der Waals surface area contributed by atoms with Crippen molar-refractivity contribution < 1.29 is 22.7 Å². The predicted molar refractivity (Wildman–Crippen MR) is 161 cm³/mol. The fourth-order valence-electron chi connectivity index (χ4n) is 7.81. The smallest absolute Gasteiger partial charge is 0.264 e. The molecule has 2 aliphatic heterocycles. The Bertz CT molecular complexity index is 1380.